The molecular weight excluding hydrogens is 224 g/mol. The number of carbonyl (C=O) groups excluding carboxylic acids is 1. The Bertz CT molecular complexity index is 393. The monoisotopic (exact) mass is 246 g/mol. The predicted molar refractivity (Wildman–Crippen MR) is 74.5 cm³/mol. The first-order valence-electron chi connectivity index (χ1n) is 6.65. The minimum atomic E-state index is -0.186. The Hall–Kier alpha value is -1.57. The van der Waals surface area contributed by atoms with E-state index in [4.69, 9.17) is 4.74 Å². The fourth-order valence-corrected chi connectivity index (χ4v) is 1.95. The van der Waals surface area contributed by atoms with Gasteiger partial charge in [0.1, 0.15) is 0 Å². The van der Waals surface area contributed by atoms with Gasteiger partial charge in [0.05, 0.1) is 6.61 Å². The highest BCUT2D eigenvalue weighted by atomic mass is 16.5. The number of hydrogen-bond donors (Lipinski definition) is 0. The van der Waals surface area contributed by atoms with Crippen molar-refractivity contribution in [3.8, 4) is 0 Å². The van der Waals surface area contributed by atoms with Gasteiger partial charge in [-0.1, -0.05) is 50.3 Å². The average Bonchev–Trinajstić information content (AvgIpc) is 2.41. The molecule has 1 aromatic carbocycles. The molecule has 0 aliphatic heterocycles. The number of benzene rings is 1. The average molecular weight is 246 g/mol. The van der Waals surface area contributed by atoms with Gasteiger partial charge in [0.25, 0.3) is 0 Å². The van der Waals surface area contributed by atoms with Gasteiger partial charge in [0.15, 0.2) is 0 Å². The second-order valence-electron chi connectivity index (χ2n) is 4.19. The molecule has 0 aliphatic rings. The molecule has 1 rings (SSSR count). The third-order valence-electron chi connectivity index (χ3n) is 2.99. The minimum absolute atomic E-state index is 0.186. The molecule has 0 spiro atoms. The molecule has 18 heavy (non-hydrogen) atoms. The molecule has 0 saturated carbocycles. The maximum atomic E-state index is 11.8. The first kappa shape index (κ1) is 14.5. The van der Waals surface area contributed by atoms with Gasteiger partial charge >= 0.3 is 5.97 Å². The first-order chi connectivity index (χ1) is 8.72. The summed E-state index contributed by atoms with van der Waals surface area (Å²) in [6.07, 6.45) is 3.74. The van der Waals surface area contributed by atoms with Crippen molar-refractivity contribution in [3.63, 3.8) is 0 Å². The molecule has 0 aromatic heterocycles. The SMILES string of the molecule is CCOC(=O)/C(=C/C(CC)c1ccccc1)CC. The number of ether oxygens (including phenoxy) is 1. The molecule has 1 atom stereocenters. The highest BCUT2D eigenvalue weighted by molar-refractivity contribution is 5.88. The Labute approximate surface area is 110 Å². The molecule has 0 fully saturated rings. The zero-order chi connectivity index (χ0) is 13.4. The normalized spacial score (nSPS) is 13.2. The number of esters is 1. The molecule has 0 radical (unpaired) electrons. The van der Waals surface area contributed by atoms with Gasteiger partial charge in [-0.3, -0.25) is 0 Å². The molecule has 1 aromatic rings. The van der Waals surface area contributed by atoms with Crippen molar-refractivity contribution in [2.75, 3.05) is 6.61 Å². The van der Waals surface area contributed by atoms with E-state index in [1.54, 1.807) is 0 Å². The van der Waals surface area contributed by atoms with Crippen LogP contribution in [0.15, 0.2) is 42.0 Å². The van der Waals surface area contributed by atoms with Crippen molar-refractivity contribution < 1.29 is 9.53 Å². The molecule has 0 amide bonds. The number of carbonyl (C=O) groups is 1. The molecule has 0 heterocycles. The van der Waals surface area contributed by atoms with E-state index in [1.807, 2.05) is 38.1 Å². The van der Waals surface area contributed by atoms with Crippen LogP contribution >= 0.6 is 0 Å². The van der Waals surface area contributed by atoms with Crippen LogP contribution in [0.25, 0.3) is 0 Å². The smallest absolute Gasteiger partial charge is 0.333 e. The van der Waals surface area contributed by atoms with Crippen LogP contribution in [-0.2, 0) is 9.53 Å². The molecule has 0 saturated heterocycles. The van der Waals surface area contributed by atoms with Crippen LogP contribution in [0, 0.1) is 0 Å². The van der Waals surface area contributed by atoms with Crippen LogP contribution in [0.5, 0.6) is 0 Å². The van der Waals surface area contributed by atoms with E-state index in [1.165, 1.54) is 5.56 Å². The van der Waals surface area contributed by atoms with Crippen molar-refractivity contribution in [2.24, 2.45) is 0 Å². The van der Waals surface area contributed by atoms with Crippen LogP contribution in [-0.4, -0.2) is 12.6 Å². The van der Waals surface area contributed by atoms with Gasteiger partial charge < -0.3 is 4.74 Å². The van der Waals surface area contributed by atoms with Gasteiger partial charge in [-0.15, -0.1) is 0 Å². The first-order valence-corrected chi connectivity index (χ1v) is 6.65. The summed E-state index contributed by atoms with van der Waals surface area (Å²) in [5, 5.41) is 0. The third kappa shape index (κ3) is 4.02. The van der Waals surface area contributed by atoms with Crippen molar-refractivity contribution >= 4 is 5.97 Å². The molecule has 98 valence electrons. The Morgan fingerprint density at radius 3 is 2.39 bits per heavy atom. The lowest BCUT2D eigenvalue weighted by Gasteiger charge is -2.13. The molecule has 2 nitrogen and oxygen atoms in total. The molecule has 1 unspecified atom stereocenters. The van der Waals surface area contributed by atoms with Crippen LogP contribution < -0.4 is 0 Å². The Kier molecular flexibility index (Phi) is 6.20. The van der Waals surface area contributed by atoms with E-state index in [-0.39, 0.29) is 11.9 Å². The van der Waals surface area contributed by atoms with Gasteiger partial charge in [-0.05, 0) is 25.3 Å². The number of allylic oxidation sites excluding steroid dienone is 1. The zero-order valence-corrected chi connectivity index (χ0v) is 11.5. The highest BCUT2D eigenvalue weighted by Crippen LogP contribution is 2.23. The molecule has 0 bridgehead atoms. The van der Waals surface area contributed by atoms with Gasteiger partial charge in [0, 0.05) is 11.5 Å². The van der Waals surface area contributed by atoms with E-state index in [9.17, 15) is 4.79 Å². The van der Waals surface area contributed by atoms with Gasteiger partial charge in [-0.2, -0.15) is 0 Å². The highest BCUT2D eigenvalue weighted by Gasteiger charge is 2.12. The lowest BCUT2D eigenvalue weighted by atomic mass is 9.93. The Morgan fingerprint density at radius 2 is 1.89 bits per heavy atom. The van der Waals surface area contributed by atoms with E-state index in [0.29, 0.717) is 13.0 Å². The van der Waals surface area contributed by atoms with Crippen LogP contribution in [0.1, 0.15) is 45.1 Å². The lowest BCUT2D eigenvalue weighted by molar-refractivity contribution is -0.138. The standard InChI is InChI=1S/C16H22O2/c1-4-13(15-10-8-7-9-11-15)12-14(5-2)16(17)18-6-3/h7-13H,4-6H2,1-3H3/b14-12+. The van der Waals surface area contributed by atoms with E-state index < -0.39 is 0 Å². The largest absolute Gasteiger partial charge is 0.463 e. The van der Waals surface area contributed by atoms with E-state index >= 15 is 0 Å². The second-order valence-corrected chi connectivity index (χ2v) is 4.19. The molecular formula is C16H22O2. The molecule has 0 N–H and O–H groups in total. The van der Waals surface area contributed by atoms with Crippen LogP contribution in [0.4, 0.5) is 0 Å². The maximum absolute atomic E-state index is 11.8. The fourth-order valence-electron chi connectivity index (χ4n) is 1.95. The van der Waals surface area contributed by atoms with Crippen LogP contribution in [0.3, 0.4) is 0 Å². The summed E-state index contributed by atoms with van der Waals surface area (Å²) in [4.78, 5) is 11.8. The van der Waals surface area contributed by atoms with Gasteiger partial charge in [-0.25, -0.2) is 4.79 Å². The predicted octanol–water partition coefficient (Wildman–Crippen LogP) is 4.08. The van der Waals surface area contributed by atoms with Gasteiger partial charge in [0.2, 0.25) is 0 Å². The second kappa shape index (κ2) is 7.70. The van der Waals surface area contributed by atoms with Crippen LogP contribution in [0.2, 0.25) is 0 Å². The summed E-state index contributed by atoms with van der Waals surface area (Å²) in [6.45, 7) is 6.38. The number of hydrogen-bond acceptors (Lipinski definition) is 2. The zero-order valence-electron chi connectivity index (χ0n) is 11.5. The van der Waals surface area contributed by atoms with E-state index in [2.05, 4.69) is 19.1 Å². The van der Waals surface area contributed by atoms with Crippen molar-refractivity contribution in [1.29, 1.82) is 0 Å². The summed E-state index contributed by atoms with van der Waals surface area (Å²) < 4.78 is 5.07. The summed E-state index contributed by atoms with van der Waals surface area (Å²) in [5.41, 5.74) is 2.02. The van der Waals surface area contributed by atoms with Crippen molar-refractivity contribution in [2.45, 2.75) is 39.5 Å². The Balaban J connectivity index is 2.91. The Morgan fingerprint density at radius 1 is 1.22 bits per heavy atom. The summed E-state index contributed by atoms with van der Waals surface area (Å²) in [6, 6.07) is 10.3. The molecule has 0 aliphatic carbocycles. The minimum Gasteiger partial charge on any atom is -0.463 e. The summed E-state index contributed by atoms with van der Waals surface area (Å²) >= 11 is 0. The number of rotatable bonds is 6. The summed E-state index contributed by atoms with van der Waals surface area (Å²) in [5.74, 6) is 0.0972. The van der Waals surface area contributed by atoms with Crippen molar-refractivity contribution in [1.82, 2.24) is 0 Å². The summed E-state index contributed by atoms with van der Waals surface area (Å²) in [7, 11) is 0. The topological polar surface area (TPSA) is 26.3 Å². The third-order valence-corrected chi connectivity index (χ3v) is 2.99. The lowest BCUT2D eigenvalue weighted by Crippen LogP contribution is -2.08. The molecule has 2 heteroatoms. The quantitative estimate of drug-likeness (QED) is 0.558. The fraction of sp³-hybridized carbons (Fsp3) is 0.438. The maximum Gasteiger partial charge on any atom is 0.333 e. The van der Waals surface area contributed by atoms with E-state index in [0.717, 1.165) is 12.0 Å². The van der Waals surface area contributed by atoms with Crippen molar-refractivity contribution in [3.05, 3.63) is 47.5 Å².